The van der Waals surface area contributed by atoms with Gasteiger partial charge >= 0.3 is 0 Å². The molecule has 0 bridgehead atoms. The minimum Gasteiger partial charge on any atom is -0.356 e. The molecule has 2 rings (SSSR count). The molecule has 88 valence electrons. The van der Waals surface area contributed by atoms with Crippen LogP contribution in [0, 0.1) is 19.8 Å². The Hall–Kier alpha value is -1.16. The maximum Gasteiger partial charge on any atom is 0.132 e. The molecule has 1 aliphatic rings. The Bertz CT molecular complexity index is 357. The normalized spacial score (nSPS) is 25.9. The Morgan fingerprint density at radius 2 is 2.12 bits per heavy atom. The van der Waals surface area contributed by atoms with Gasteiger partial charge in [0.05, 0.1) is 0 Å². The molecule has 0 amide bonds. The lowest BCUT2D eigenvalue weighted by atomic mass is 9.95. The molecule has 1 aliphatic heterocycles. The van der Waals surface area contributed by atoms with Gasteiger partial charge in [0, 0.05) is 30.9 Å². The molecular formula is C12H20N4. The molecule has 1 fully saturated rings. The summed E-state index contributed by atoms with van der Waals surface area (Å²) in [5.41, 5.74) is 7.05. The summed E-state index contributed by atoms with van der Waals surface area (Å²) >= 11 is 0. The van der Waals surface area contributed by atoms with Crippen LogP contribution < -0.4 is 10.6 Å². The smallest absolute Gasteiger partial charge is 0.132 e. The molecule has 2 atom stereocenters. The third-order valence-corrected chi connectivity index (χ3v) is 3.25. The number of aromatic nitrogens is 2. The number of hydrogen-bond acceptors (Lipinski definition) is 4. The fourth-order valence-corrected chi connectivity index (χ4v) is 2.23. The molecule has 2 unspecified atom stereocenters. The summed E-state index contributed by atoms with van der Waals surface area (Å²) in [7, 11) is 0. The molecule has 2 heterocycles. The minimum atomic E-state index is 0.334. The maximum absolute atomic E-state index is 6.02. The standard InChI is InChI=1S/C12H20N4/c1-8-7-16(5-4-11(8)13)12-6-9(2)14-10(3)15-12/h6,8,11H,4-5,7,13H2,1-3H3. The third-order valence-electron chi connectivity index (χ3n) is 3.25. The molecule has 16 heavy (non-hydrogen) atoms. The van der Waals surface area contributed by atoms with Crippen molar-refractivity contribution in [2.24, 2.45) is 11.7 Å². The van der Waals surface area contributed by atoms with Crippen LogP contribution in [0.5, 0.6) is 0 Å². The van der Waals surface area contributed by atoms with Crippen LogP contribution in [0.2, 0.25) is 0 Å². The van der Waals surface area contributed by atoms with Gasteiger partial charge in [0.15, 0.2) is 0 Å². The van der Waals surface area contributed by atoms with Gasteiger partial charge in [0.2, 0.25) is 0 Å². The number of nitrogens with two attached hydrogens (primary N) is 1. The molecular weight excluding hydrogens is 200 g/mol. The fourth-order valence-electron chi connectivity index (χ4n) is 2.23. The van der Waals surface area contributed by atoms with E-state index in [1.807, 2.05) is 13.8 Å². The van der Waals surface area contributed by atoms with E-state index in [9.17, 15) is 0 Å². The Balaban J connectivity index is 2.18. The largest absolute Gasteiger partial charge is 0.356 e. The molecule has 0 radical (unpaired) electrons. The van der Waals surface area contributed by atoms with E-state index in [1.165, 1.54) is 0 Å². The highest BCUT2D eigenvalue weighted by molar-refractivity contribution is 5.40. The first-order valence-corrected chi connectivity index (χ1v) is 5.89. The van der Waals surface area contributed by atoms with E-state index >= 15 is 0 Å². The molecule has 1 aromatic rings. The summed E-state index contributed by atoms with van der Waals surface area (Å²) in [5.74, 6) is 2.42. The van der Waals surface area contributed by atoms with Gasteiger partial charge in [0.25, 0.3) is 0 Å². The first-order valence-electron chi connectivity index (χ1n) is 5.89. The van der Waals surface area contributed by atoms with Crippen molar-refractivity contribution in [3.05, 3.63) is 17.6 Å². The van der Waals surface area contributed by atoms with Crippen molar-refractivity contribution in [1.82, 2.24) is 9.97 Å². The molecule has 0 aliphatic carbocycles. The molecule has 4 nitrogen and oxygen atoms in total. The second-order valence-electron chi connectivity index (χ2n) is 4.79. The van der Waals surface area contributed by atoms with Crippen molar-refractivity contribution in [2.75, 3.05) is 18.0 Å². The van der Waals surface area contributed by atoms with Gasteiger partial charge < -0.3 is 10.6 Å². The Kier molecular flexibility index (Phi) is 3.10. The molecule has 1 saturated heterocycles. The van der Waals surface area contributed by atoms with E-state index in [4.69, 9.17) is 5.73 Å². The summed E-state index contributed by atoms with van der Waals surface area (Å²) in [5, 5.41) is 0. The second-order valence-corrected chi connectivity index (χ2v) is 4.79. The average molecular weight is 220 g/mol. The maximum atomic E-state index is 6.02. The lowest BCUT2D eigenvalue weighted by molar-refractivity contribution is 0.381. The van der Waals surface area contributed by atoms with Crippen molar-refractivity contribution in [3.8, 4) is 0 Å². The molecule has 0 aromatic carbocycles. The SMILES string of the molecule is Cc1cc(N2CCC(N)C(C)C2)nc(C)n1. The predicted molar refractivity (Wildman–Crippen MR) is 65.5 cm³/mol. The number of piperidine rings is 1. The van der Waals surface area contributed by atoms with E-state index in [1.54, 1.807) is 0 Å². The Morgan fingerprint density at radius 3 is 2.75 bits per heavy atom. The Morgan fingerprint density at radius 1 is 1.38 bits per heavy atom. The van der Waals surface area contributed by atoms with Crippen LogP contribution in [0.15, 0.2) is 6.07 Å². The topological polar surface area (TPSA) is 55.0 Å². The summed E-state index contributed by atoms with van der Waals surface area (Å²) < 4.78 is 0. The van der Waals surface area contributed by atoms with Crippen LogP contribution in [0.25, 0.3) is 0 Å². The summed E-state index contributed by atoms with van der Waals surface area (Å²) in [4.78, 5) is 11.1. The van der Waals surface area contributed by atoms with Gasteiger partial charge in [-0.2, -0.15) is 0 Å². The average Bonchev–Trinajstić information content (AvgIpc) is 2.20. The number of aryl methyl sites for hydroxylation is 2. The number of anilines is 1. The molecule has 4 heteroatoms. The zero-order valence-corrected chi connectivity index (χ0v) is 10.3. The molecule has 0 saturated carbocycles. The quantitative estimate of drug-likeness (QED) is 0.774. The Labute approximate surface area is 96.9 Å². The van der Waals surface area contributed by atoms with Crippen molar-refractivity contribution < 1.29 is 0 Å². The zero-order chi connectivity index (χ0) is 11.7. The predicted octanol–water partition coefficient (Wildman–Crippen LogP) is 1.27. The molecule has 2 N–H and O–H groups in total. The van der Waals surface area contributed by atoms with Gasteiger partial charge in [-0.25, -0.2) is 9.97 Å². The van der Waals surface area contributed by atoms with Crippen LogP contribution in [0.1, 0.15) is 24.9 Å². The van der Waals surface area contributed by atoms with Crippen LogP contribution in [-0.2, 0) is 0 Å². The summed E-state index contributed by atoms with van der Waals surface area (Å²) in [6.45, 7) is 8.16. The van der Waals surface area contributed by atoms with E-state index in [0.29, 0.717) is 12.0 Å². The van der Waals surface area contributed by atoms with Gasteiger partial charge in [-0.3, -0.25) is 0 Å². The summed E-state index contributed by atoms with van der Waals surface area (Å²) in [6, 6.07) is 2.39. The highest BCUT2D eigenvalue weighted by Gasteiger charge is 2.24. The number of rotatable bonds is 1. The highest BCUT2D eigenvalue weighted by atomic mass is 15.2. The van der Waals surface area contributed by atoms with E-state index in [2.05, 4.69) is 27.9 Å². The molecule has 0 spiro atoms. The van der Waals surface area contributed by atoms with Crippen LogP contribution in [0.3, 0.4) is 0 Å². The van der Waals surface area contributed by atoms with Crippen LogP contribution in [-0.4, -0.2) is 29.1 Å². The number of nitrogens with zero attached hydrogens (tertiary/aromatic N) is 3. The van der Waals surface area contributed by atoms with Crippen molar-refractivity contribution in [1.29, 1.82) is 0 Å². The highest BCUT2D eigenvalue weighted by Crippen LogP contribution is 2.21. The van der Waals surface area contributed by atoms with Crippen molar-refractivity contribution in [3.63, 3.8) is 0 Å². The zero-order valence-electron chi connectivity index (χ0n) is 10.3. The first kappa shape index (κ1) is 11.3. The van der Waals surface area contributed by atoms with E-state index in [-0.39, 0.29) is 0 Å². The second kappa shape index (κ2) is 4.37. The monoisotopic (exact) mass is 220 g/mol. The van der Waals surface area contributed by atoms with Crippen molar-refractivity contribution >= 4 is 5.82 Å². The minimum absolute atomic E-state index is 0.334. The first-order chi connectivity index (χ1) is 7.56. The van der Waals surface area contributed by atoms with Crippen LogP contribution >= 0.6 is 0 Å². The van der Waals surface area contributed by atoms with Gasteiger partial charge in [-0.15, -0.1) is 0 Å². The lowest BCUT2D eigenvalue weighted by Crippen LogP contribution is -2.46. The van der Waals surface area contributed by atoms with E-state index in [0.717, 1.165) is 36.8 Å². The van der Waals surface area contributed by atoms with Crippen molar-refractivity contribution in [2.45, 2.75) is 33.2 Å². The summed E-state index contributed by atoms with van der Waals surface area (Å²) in [6.07, 6.45) is 1.04. The molecule has 1 aromatic heterocycles. The van der Waals surface area contributed by atoms with Crippen LogP contribution in [0.4, 0.5) is 5.82 Å². The van der Waals surface area contributed by atoms with Gasteiger partial charge in [-0.05, 0) is 26.2 Å². The van der Waals surface area contributed by atoms with Gasteiger partial charge in [-0.1, -0.05) is 6.92 Å². The van der Waals surface area contributed by atoms with Gasteiger partial charge in [0.1, 0.15) is 11.6 Å². The number of hydrogen-bond donors (Lipinski definition) is 1. The van der Waals surface area contributed by atoms with E-state index < -0.39 is 0 Å². The fraction of sp³-hybridized carbons (Fsp3) is 0.667. The lowest BCUT2D eigenvalue weighted by Gasteiger charge is -2.35. The third kappa shape index (κ3) is 2.32.